The molecule has 0 N–H and O–H groups in total. The summed E-state index contributed by atoms with van der Waals surface area (Å²) in [7, 11) is 3.52. The minimum atomic E-state index is -2.44. The Morgan fingerprint density at radius 2 is 2.00 bits per heavy atom. The SMILES string of the molecule is COC(=O)c1cc2c(s1)N=C/C(=C1\N(C)c3ccccc3C1(C)C)[P@]2(=S)N1CCOCC1. The van der Waals surface area contributed by atoms with Crippen molar-refractivity contribution in [3.8, 4) is 0 Å². The summed E-state index contributed by atoms with van der Waals surface area (Å²) in [5, 5.41) is 2.91. The van der Waals surface area contributed by atoms with Crippen LogP contribution in [0.15, 0.2) is 46.3 Å². The van der Waals surface area contributed by atoms with E-state index in [4.69, 9.17) is 26.3 Å². The first kappa shape index (κ1) is 22.0. The molecule has 1 aromatic carbocycles. The van der Waals surface area contributed by atoms with Crippen molar-refractivity contribution in [3.63, 3.8) is 0 Å². The Bertz CT molecular complexity index is 1210. The molecule has 0 radical (unpaired) electrons. The fourth-order valence-corrected chi connectivity index (χ4v) is 11.1. The lowest BCUT2D eigenvalue weighted by molar-refractivity contribution is 0.0606. The van der Waals surface area contributed by atoms with Crippen LogP contribution in [0.4, 0.5) is 10.7 Å². The molecule has 0 unspecified atom stereocenters. The number of carbonyl (C=O) groups excluding carboxylic acids is 1. The molecule has 6 nitrogen and oxygen atoms in total. The third kappa shape index (κ3) is 3.08. The van der Waals surface area contributed by atoms with Gasteiger partial charge in [0.05, 0.1) is 26.5 Å². The molecule has 1 fully saturated rings. The molecule has 0 saturated carbocycles. The molecule has 0 spiro atoms. The van der Waals surface area contributed by atoms with Crippen LogP contribution < -0.4 is 10.2 Å². The molecule has 3 aliphatic heterocycles. The van der Waals surface area contributed by atoms with Gasteiger partial charge in [0.1, 0.15) is 9.88 Å². The summed E-state index contributed by atoms with van der Waals surface area (Å²) < 4.78 is 13.0. The van der Waals surface area contributed by atoms with Crippen LogP contribution in [0.25, 0.3) is 0 Å². The standard InChI is InChI=1S/C23H26N3O3PS2/c1-23(2)15-7-5-6-8-16(15)25(3)20(23)18-14-24-21-17(13-19(32-21)22(27)28-4)30(18,31)26-9-11-29-12-10-26/h5-8,13-14H,9-12H2,1-4H3/b20-18+/t30-/m0/s1. The average Bonchev–Trinajstić information content (AvgIpc) is 3.33. The topological polar surface area (TPSA) is 54.4 Å². The van der Waals surface area contributed by atoms with Gasteiger partial charge >= 0.3 is 5.97 Å². The number of benzene rings is 1. The van der Waals surface area contributed by atoms with E-state index < -0.39 is 6.19 Å². The lowest BCUT2D eigenvalue weighted by Crippen LogP contribution is -2.39. The molecule has 168 valence electrons. The molecule has 0 bridgehead atoms. The second-order valence-electron chi connectivity index (χ2n) is 8.63. The number of rotatable bonds is 2. The van der Waals surface area contributed by atoms with Crippen molar-refractivity contribution in [1.82, 2.24) is 4.67 Å². The van der Waals surface area contributed by atoms with Gasteiger partial charge < -0.3 is 14.4 Å². The maximum atomic E-state index is 12.3. The molecule has 0 aliphatic carbocycles. The fourth-order valence-electron chi connectivity index (χ4n) is 5.01. The number of thiophene rings is 1. The van der Waals surface area contributed by atoms with Crippen LogP contribution in [0.5, 0.6) is 0 Å². The lowest BCUT2D eigenvalue weighted by Gasteiger charge is -2.42. The van der Waals surface area contributed by atoms with E-state index >= 15 is 0 Å². The van der Waals surface area contributed by atoms with Crippen LogP contribution in [0.3, 0.4) is 0 Å². The third-order valence-corrected chi connectivity index (χ3v) is 12.8. The Morgan fingerprint density at radius 1 is 1.28 bits per heavy atom. The predicted molar refractivity (Wildman–Crippen MR) is 135 cm³/mol. The monoisotopic (exact) mass is 487 g/mol. The molecule has 2 aromatic rings. The summed E-state index contributed by atoms with van der Waals surface area (Å²) in [6, 6.07) is 10.5. The van der Waals surface area contributed by atoms with Crippen LogP contribution in [0, 0.1) is 0 Å². The Kier molecular flexibility index (Phi) is 5.42. The molecular formula is C23H26N3O3PS2. The van der Waals surface area contributed by atoms with Crippen molar-refractivity contribution < 1.29 is 14.3 Å². The van der Waals surface area contributed by atoms with Gasteiger partial charge in [-0.1, -0.05) is 43.9 Å². The summed E-state index contributed by atoms with van der Waals surface area (Å²) >= 11 is 8.01. The first-order valence-corrected chi connectivity index (χ1v) is 14.2. The first-order valence-electron chi connectivity index (χ1n) is 10.6. The van der Waals surface area contributed by atoms with Crippen LogP contribution in [0.2, 0.25) is 0 Å². The quantitative estimate of drug-likeness (QED) is 0.467. The molecule has 1 atom stereocenters. The van der Waals surface area contributed by atoms with Crippen LogP contribution in [0.1, 0.15) is 29.1 Å². The van der Waals surface area contributed by atoms with Crippen LogP contribution in [-0.4, -0.2) is 57.3 Å². The van der Waals surface area contributed by atoms with E-state index in [9.17, 15) is 4.79 Å². The van der Waals surface area contributed by atoms with Crippen molar-refractivity contribution in [1.29, 1.82) is 0 Å². The molecule has 1 saturated heterocycles. The van der Waals surface area contributed by atoms with Crippen LogP contribution >= 0.6 is 17.5 Å². The summed E-state index contributed by atoms with van der Waals surface area (Å²) in [4.78, 5) is 20.0. The normalized spacial score (nSPS) is 26.7. The zero-order valence-electron chi connectivity index (χ0n) is 18.6. The van der Waals surface area contributed by atoms with Gasteiger partial charge in [-0.2, -0.15) is 0 Å². The van der Waals surface area contributed by atoms with Crippen molar-refractivity contribution in [2.24, 2.45) is 4.99 Å². The van der Waals surface area contributed by atoms with Crippen molar-refractivity contribution in [2.45, 2.75) is 19.3 Å². The van der Waals surface area contributed by atoms with Gasteiger partial charge in [0.2, 0.25) is 0 Å². The van der Waals surface area contributed by atoms with Crippen molar-refractivity contribution >= 4 is 57.5 Å². The van der Waals surface area contributed by atoms with E-state index in [0.29, 0.717) is 18.1 Å². The lowest BCUT2D eigenvalue weighted by atomic mass is 9.84. The van der Waals surface area contributed by atoms with Gasteiger partial charge in [0, 0.05) is 53.8 Å². The second kappa shape index (κ2) is 7.89. The number of hydrogen-bond acceptors (Lipinski definition) is 7. The molecule has 32 heavy (non-hydrogen) atoms. The Hall–Kier alpha value is -1.83. The van der Waals surface area contributed by atoms with E-state index in [2.05, 4.69) is 54.7 Å². The fraction of sp³-hybridized carbons (Fsp3) is 0.391. The largest absolute Gasteiger partial charge is 0.465 e. The van der Waals surface area contributed by atoms with E-state index in [1.165, 1.54) is 35.4 Å². The van der Waals surface area contributed by atoms with E-state index in [1.54, 1.807) is 0 Å². The molecule has 9 heteroatoms. The Morgan fingerprint density at radius 3 is 2.69 bits per heavy atom. The third-order valence-electron chi connectivity index (χ3n) is 6.53. The minimum Gasteiger partial charge on any atom is -0.465 e. The smallest absolute Gasteiger partial charge is 0.348 e. The molecule has 3 aliphatic rings. The number of para-hydroxylation sites is 1. The van der Waals surface area contributed by atoms with Gasteiger partial charge in [0.15, 0.2) is 0 Å². The van der Waals surface area contributed by atoms with Crippen LogP contribution in [-0.2, 0) is 26.7 Å². The van der Waals surface area contributed by atoms with Gasteiger partial charge in [0.25, 0.3) is 0 Å². The number of morpholine rings is 1. The zero-order chi connectivity index (χ0) is 22.7. The highest BCUT2D eigenvalue weighted by Gasteiger charge is 2.46. The summed E-state index contributed by atoms with van der Waals surface area (Å²) in [6.07, 6.45) is -0.467. The number of anilines is 1. The molecule has 0 amide bonds. The van der Waals surface area contributed by atoms with E-state index in [1.807, 2.05) is 12.3 Å². The zero-order valence-corrected chi connectivity index (χ0v) is 21.2. The minimum absolute atomic E-state index is 0.220. The number of likely N-dealkylation sites (N-methyl/N-ethyl adjacent to an activating group) is 1. The first-order chi connectivity index (χ1) is 15.3. The number of aliphatic imine (C=N–C) groups is 1. The summed E-state index contributed by atoms with van der Waals surface area (Å²) in [6.45, 7) is 7.35. The number of esters is 1. The number of nitrogens with zero attached hydrogens (tertiary/aromatic N) is 3. The highest BCUT2D eigenvalue weighted by molar-refractivity contribution is 8.19. The van der Waals surface area contributed by atoms with Gasteiger partial charge in [-0.05, 0) is 17.7 Å². The number of ether oxygens (including phenoxy) is 2. The van der Waals surface area contributed by atoms with Gasteiger partial charge in [-0.25, -0.2) is 9.79 Å². The number of hydrogen-bond donors (Lipinski definition) is 0. The van der Waals surface area contributed by atoms with Gasteiger partial charge in [-0.3, -0.25) is 4.67 Å². The number of methoxy groups -OCH3 is 1. The molecule has 5 rings (SSSR count). The highest BCUT2D eigenvalue weighted by Crippen LogP contribution is 2.64. The van der Waals surface area contributed by atoms with Crippen molar-refractivity contribution in [3.05, 3.63) is 51.8 Å². The maximum absolute atomic E-state index is 12.3. The molecule has 4 heterocycles. The summed E-state index contributed by atoms with van der Waals surface area (Å²) in [5.74, 6) is -0.344. The number of carbonyl (C=O) groups is 1. The highest BCUT2D eigenvalue weighted by atomic mass is 32.4. The number of fused-ring (bicyclic) bond motifs is 2. The average molecular weight is 488 g/mol. The molecular weight excluding hydrogens is 461 g/mol. The Labute approximate surface area is 197 Å². The van der Waals surface area contributed by atoms with E-state index in [0.717, 1.165) is 28.7 Å². The maximum Gasteiger partial charge on any atom is 0.348 e. The predicted octanol–water partition coefficient (Wildman–Crippen LogP) is 4.24. The van der Waals surface area contributed by atoms with Crippen molar-refractivity contribution in [2.75, 3.05) is 45.4 Å². The van der Waals surface area contributed by atoms with Gasteiger partial charge in [-0.15, -0.1) is 11.3 Å². The van der Waals surface area contributed by atoms with E-state index in [-0.39, 0.29) is 11.4 Å². The second-order valence-corrected chi connectivity index (χ2v) is 13.9. The number of allylic oxidation sites excluding steroid dienone is 2. The summed E-state index contributed by atoms with van der Waals surface area (Å²) in [5.41, 5.74) is 3.45. The Balaban J connectivity index is 1.77. The molecule has 1 aromatic heterocycles.